The molecule has 0 N–H and O–H groups in total. The summed E-state index contributed by atoms with van der Waals surface area (Å²) in [5.41, 5.74) is 1.01. The van der Waals surface area contributed by atoms with Gasteiger partial charge in [0.1, 0.15) is 11.6 Å². The predicted octanol–water partition coefficient (Wildman–Crippen LogP) is 2.69. The van der Waals surface area contributed by atoms with Gasteiger partial charge in [0.15, 0.2) is 0 Å². The van der Waals surface area contributed by atoms with Crippen molar-refractivity contribution in [2.75, 3.05) is 36.0 Å². The van der Waals surface area contributed by atoms with Crippen LogP contribution in [0, 0.1) is 11.8 Å². The molecule has 2 aromatic rings. The van der Waals surface area contributed by atoms with Gasteiger partial charge in [-0.05, 0) is 36.4 Å². The molecule has 2 heterocycles. The highest BCUT2D eigenvalue weighted by Crippen LogP contribution is 2.19. The van der Waals surface area contributed by atoms with Crippen molar-refractivity contribution in [1.82, 2.24) is 4.98 Å². The van der Waals surface area contributed by atoms with Crippen LogP contribution in [0.3, 0.4) is 0 Å². The molecule has 20 heavy (non-hydrogen) atoms. The molecule has 5 heteroatoms. The number of hydrogen-bond donors (Lipinski definition) is 0. The molecule has 0 unspecified atom stereocenters. The van der Waals surface area contributed by atoms with Crippen molar-refractivity contribution in [3.63, 3.8) is 0 Å². The van der Waals surface area contributed by atoms with Crippen LogP contribution in [-0.4, -0.2) is 31.2 Å². The van der Waals surface area contributed by atoms with Gasteiger partial charge in [0.2, 0.25) is 5.95 Å². The number of benzene rings is 1. The Hall–Kier alpha value is -2.17. The van der Waals surface area contributed by atoms with Crippen molar-refractivity contribution in [2.45, 2.75) is 0 Å². The van der Waals surface area contributed by atoms with Crippen LogP contribution < -0.4 is 9.80 Å². The Labute approximate surface area is 116 Å². The summed E-state index contributed by atoms with van der Waals surface area (Å²) in [6.07, 6.45) is 0. The molecule has 0 radical (unpaired) electrons. The summed E-state index contributed by atoms with van der Waals surface area (Å²) < 4.78 is 26.0. The van der Waals surface area contributed by atoms with E-state index in [4.69, 9.17) is 0 Å². The van der Waals surface area contributed by atoms with Crippen LogP contribution in [0.5, 0.6) is 0 Å². The van der Waals surface area contributed by atoms with Gasteiger partial charge < -0.3 is 9.80 Å². The largest absolute Gasteiger partial charge is 0.368 e. The predicted molar refractivity (Wildman–Crippen MR) is 75.0 cm³/mol. The summed E-state index contributed by atoms with van der Waals surface area (Å²) in [6, 6.07) is 11.3. The molecule has 0 saturated carbocycles. The highest BCUT2D eigenvalue weighted by molar-refractivity contribution is 5.49. The second-order valence-electron chi connectivity index (χ2n) is 4.77. The van der Waals surface area contributed by atoms with Gasteiger partial charge >= 0.3 is 0 Å². The van der Waals surface area contributed by atoms with Crippen LogP contribution in [-0.2, 0) is 0 Å². The lowest BCUT2D eigenvalue weighted by molar-refractivity contribution is 0.575. The van der Waals surface area contributed by atoms with E-state index in [0.29, 0.717) is 5.82 Å². The number of pyridine rings is 1. The van der Waals surface area contributed by atoms with Crippen LogP contribution in [0.15, 0.2) is 42.5 Å². The maximum Gasteiger partial charge on any atom is 0.214 e. The number of piperazine rings is 1. The topological polar surface area (TPSA) is 19.4 Å². The molecule has 1 fully saturated rings. The van der Waals surface area contributed by atoms with Gasteiger partial charge in [0.25, 0.3) is 0 Å². The molecule has 0 spiro atoms. The smallest absolute Gasteiger partial charge is 0.214 e. The lowest BCUT2D eigenvalue weighted by atomic mass is 10.2. The molecule has 1 aliphatic heterocycles. The molecule has 1 aromatic carbocycles. The third-order valence-electron chi connectivity index (χ3n) is 3.50. The number of hydrogen-bond acceptors (Lipinski definition) is 3. The van der Waals surface area contributed by atoms with E-state index in [-0.39, 0.29) is 5.82 Å². The summed E-state index contributed by atoms with van der Waals surface area (Å²) >= 11 is 0. The van der Waals surface area contributed by atoms with E-state index < -0.39 is 5.95 Å². The van der Waals surface area contributed by atoms with E-state index in [1.54, 1.807) is 18.2 Å². The first-order valence-electron chi connectivity index (χ1n) is 6.60. The van der Waals surface area contributed by atoms with Crippen LogP contribution in [0.1, 0.15) is 0 Å². The molecule has 104 valence electrons. The fourth-order valence-electron chi connectivity index (χ4n) is 2.42. The van der Waals surface area contributed by atoms with Gasteiger partial charge in [-0.25, -0.2) is 9.37 Å². The second-order valence-corrected chi connectivity index (χ2v) is 4.77. The number of aromatic nitrogens is 1. The molecular formula is C15H15F2N3. The normalized spacial score (nSPS) is 15.5. The molecular weight excluding hydrogens is 260 g/mol. The Morgan fingerprint density at radius 2 is 1.45 bits per heavy atom. The fraction of sp³-hybridized carbons (Fsp3) is 0.267. The first kappa shape index (κ1) is 12.8. The van der Waals surface area contributed by atoms with Crippen molar-refractivity contribution in [3.05, 3.63) is 54.2 Å². The first-order chi connectivity index (χ1) is 9.72. The van der Waals surface area contributed by atoms with E-state index in [9.17, 15) is 8.78 Å². The minimum absolute atomic E-state index is 0.226. The highest BCUT2D eigenvalue weighted by atomic mass is 19.1. The quantitative estimate of drug-likeness (QED) is 0.786. The highest BCUT2D eigenvalue weighted by Gasteiger charge is 2.18. The number of halogens is 2. The average molecular weight is 275 g/mol. The Morgan fingerprint density at radius 3 is 2.10 bits per heavy atom. The van der Waals surface area contributed by atoms with E-state index in [0.717, 1.165) is 31.9 Å². The van der Waals surface area contributed by atoms with E-state index in [2.05, 4.69) is 14.8 Å². The summed E-state index contributed by atoms with van der Waals surface area (Å²) in [6.45, 7) is 3.16. The molecule has 3 rings (SSSR count). The van der Waals surface area contributed by atoms with Crippen molar-refractivity contribution in [3.8, 4) is 0 Å². The van der Waals surface area contributed by atoms with Crippen molar-refractivity contribution in [2.24, 2.45) is 0 Å². The fourth-order valence-corrected chi connectivity index (χ4v) is 2.42. The van der Waals surface area contributed by atoms with Crippen molar-refractivity contribution >= 4 is 11.5 Å². The van der Waals surface area contributed by atoms with Crippen LogP contribution in [0.4, 0.5) is 20.3 Å². The van der Waals surface area contributed by atoms with Crippen LogP contribution >= 0.6 is 0 Å². The maximum atomic E-state index is 13.1. The molecule has 3 nitrogen and oxygen atoms in total. The zero-order valence-electron chi connectivity index (χ0n) is 11.0. The Balaban J connectivity index is 1.66. The summed E-state index contributed by atoms with van der Waals surface area (Å²) in [5, 5.41) is 0. The van der Waals surface area contributed by atoms with Gasteiger partial charge in [-0.15, -0.1) is 0 Å². The van der Waals surface area contributed by atoms with Crippen molar-refractivity contribution < 1.29 is 8.78 Å². The van der Waals surface area contributed by atoms with Gasteiger partial charge in [-0.1, -0.05) is 6.07 Å². The zero-order valence-corrected chi connectivity index (χ0v) is 11.0. The standard InChI is InChI=1S/C15H15F2N3/c16-12-4-6-13(7-5-12)19-8-10-20(11-9-19)15-3-1-2-14(17)18-15/h1-7H,8-11H2. The van der Waals surface area contributed by atoms with E-state index >= 15 is 0 Å². The van der Waals surface area contributed by atoms with Crippen LogP contribution in [0.25, 0.3) is 0 Å². The average Bonchev–Trinajstić information content (AvgIpc) is 2.48. The number of anilines is 2. The molecule has 0 amide bonds. The third-order valence-corrected chi connectivity index (χ3v) is 3.50. The van der Waals surface area contributed by atoms with E-state index in [1.807, 2.05) is 6.07 Å². The molecule has 0 aliphatic carbocycles. The SMILES string of the molecule is Fc1ccc(N2CCN(c3cccc(F)n3)CC2)cc1. The Kier molecular flexibility index (Phi) is 3.50. The summed E-state index contributed by atoms with van der Waals surface area (Å²) in [7, 11) is 0. The minimum Gasteiger partial charge on any atom is -0.368 e. The molecule has 1 aliphatic rings. The summed E-state index contributed by atoms with van der Waals surface area (Å²) in [4.78, 5) is 8.15. The van der Waals surface area contributed by atoms with Gasteiger partial charge in [0, 0.05) is 31.9 Å². The van der Waals surface area contributed by atoms with Gasteiger partial charge in [-0.2, -0.15) is 4.39 Å². The molecule has 1 aromatic heterocycles. The Morgan fingerprint density at radius 1 is 0.800 bits per heavy atom. The van der Waals surface area contributed by atoms with Gasteiger partial charge in [-0.3, -0.25) is 0 Å². The molecule has 0 atom stereocenters. The summed E-state index contributed by atoms with van der Waals surface area (Å²) in [5.74, 6) is -0.0106. The second kappa shape index (κ2) is 5.45. The van der Waals surface area contributed by atoms with E-state index in [1.165, 1.54) is 18.2 Å². The molecule has 1 saturated heterocycles. The monoisotopic (exact) mass is 275 g/mol. The lowest BCUT2D eigenvalue weighted by Gasteiger charge is -2.36. The number of rotatable bonds is 2. The maximum absolute atomic E-state index is 13.1. The van der Waals surface area contributed by atoms with Crippen molar-refractivity contribution in [1.29, 1.82) is 0 Å². The molecule has 0 bridgehead atoms. The third kappa shape index (κ3) is 2.71. The Bertz CT molecular complexity index is 578. The minimum atomic E-state index is -0.455. The number of nitrogens with zero attached hydrogens (tertiary/aromatic N) is 3. The first-order valence-corrected chi connectivity index (χ1v) is 6.60. The van der Waals surface area contributed by atoms with Gasteiger partial charge in [0.05, 0.1) is 0 Å². The zero-order chi connectivity index (χ0) is 13.9. The lowest BCUT2D eigenvalue weighted by Crippen LogP contribution is -2.46. The van der Waals surface area contributed by atoms with Crippen LogP contribution in [0.2, 0.25) is 0 Å².